The van der Waals surface area contributed by atoms with Gasteiger partial charge < -0.3 is 49.7 Å². The molecule has 16 nitrogen and oxygen atoms in total. The van der Waals surface area contributed by atoms with E-state index in [-0.39, 0.29) is 44.6 Å². The van der Waals surface area contributed by atoms with Crippen molar-refractivity contribution in [2.45, 2.75) is 62.7 Å². The van der Waals surface area contributed by atoms with E-state index >= 15 is 0 Å². The van der Waals surface area contributed by atoms with Crippen LogP contribution in [0.4, 0.5) is 0 Å². The third-order valence-corrected chi connectivity index (χ3v) is 5.52. The lowest BCUT2D eigenvalue weighted by Gasteiger charge is -2.25. The number of nitrogens with one attached hydrogen (secondary N) is 3. The quantitative estimate of drug-likeness (QED) is 0.0424. The van der Waals surface area contributed by atoms with Gasteiger partial charge in [0.2, 0.25) is 29.5 Å². The molecule has 5 amide bonds. The Morgan fingerprint density at radius 2 is 1.35 bits per heavy atom. The molecule has 14 N–H and O–H groups in total. The molecule has 0 fully saturated rings. The van der Waals surface area contributed by atoms with Gasteiger partial charge in [-0.3, -0.25) is 29.0 Å². The van der Waals surface area contributed by atoms with Crippen LogP contribution < -0.4 is 44.6 Å². The van der Waals surface area contributed by atoms with Gasteiger partial charge in [-0.2, -0.15) is 11.8 Å². The Labute approximate surface area is 218 Å². The van der Waals surface area contributed by atoms with Gasteiger partial charge in [-0.1, -0.05) is 0 Å². The molecule has 0 saturated heterocycles. The van der Waals surface area contributed by atoms with Gasteiger partial charge in [-0.15, -0.1) is 0 Å². The maximum absolute atomic E-state index is 13.0. The Morgan fingerprint density at radius 1 is 0.811 bits per heavy atom. The van der Waals surface area contributed by atoms with E-state index in [1.807, 2.05) is 0 Å². The minimum atomic E-state index is -1.34. The number of aliphatic imine (C=N–C) groups is 1. The number of nitrogens with zero attached hydrogens (tertiary/aromatic N) is 1. The van der Waals surface area contributed by atoms with Gasteiger partial charge in [0.25, 0.3) is 0 Å². The van der Waals surface area contributed by atoms with Gasteiger partial charge >= 0.3 is 5.97 Å². The first-order valence-corrected chi connectivity index (χ1v) is 12.7. The Morgan fingerprint density at radius 3 is 1.84 bits per heavy atom. The lowest BCUT2D eigenvalue weighted by molar-refractivity contribution is -0.142. The van der Waals surface area contributed by atoms with E-state index in [1.54, 1.807) is 6.26 Å². The summed E-state index contributed by atoms with van der Waals surface area (Å²) < 4.78 is 0. The van der Waals surface area contributed by atoms with Crippen LogP contribution in [-0.4, -0.2) is 89.3 Å². The fourth-order valence-electron chi connectivity index (χ4n) is 2.95. The maximum Gasteiger partial charge on any atom is 0.326 e. The number of carboxylic acids is 1. The SMILES string of the molecule is CSCCC(NC(=O)C(CCC(N)=O)NC(=O)C(N)CC(N)=O)C(=O)NC(CCCN=C(N)N)C(=O)O. The van der Waals surface area contributed by atoms with Gasteiger partial charge in [-0.25, -0.2) is 4.79 Å². The third-order valence-electron chi connectivity index (χ3n) is 4.87. The molecule has 0 rings (SSSR count). The minimum absolute atomic E-state index is 0.0239. The number of carboxylic acid groups (broad SMARTS) is 1. The van der Waals surface area contributed by atoms with Crippen LogP contribution in [0.3, 0.4) is 0 Å². The van der Waals surface area contributed by atoms with E-state index in [0.717, 1.165) is 0 Å². The Kier molecular flexibility index (Phi) is 16.0. The minimum Gasteiger partial charge on any atom is -0.480 e. The van der Waals surface area contributed by atoms with E-state index in [2.05, 4.69) is 20.9 Å². The van der Waals surface area contributed by atoms with Crippen molar-refractivity contribution in [3.8, 4) is 0 Å². The summed E-state index contributed by atoms with van der Waals surface area (Å²) in [6, 6.07) is -5.09. The van der Waals surface area contributed by atoms with Gasteiger partial charge in [0.15, 0.2) is 5.96 Å². The fraction of sp³-hybridized carbons (Fsp3) is 0.650. The summed E-state index contributed by atoms with van der Waals surface area (Å²) in [5.41, 5.74) is 26.3. The monoisotopic (exact) mass is 547 g/mol. The van der Waals surface area contributed by atoms with Crippen molar-refractivity contribution < 1.29 is 33.9 Å². The molecule has 210 valence electrons. The summed E-state index contributed by atoms with van der Waals surface area (Å²) in [4.78, 5) is 75.8. The van der Waals surface area contributed by atoms with Crippen LogP contribution in [-0.2, 0) is 28.8 Å². The Hall–Kier alpha value is -3.60. The number of nitrogens with two attached hydrogens (primary N) is 5. The standard InChI is InChI=1S/C20H37N9O7S/c1-37-8-6-12(18(34)29-13(19(35)36)3-2-7-26-20(24)25)28-17(33)11(4-5-14(22)30)27-16(32)10(21)9-15(23)31/h10-13H,2-9,21H2,1H3,(H2,22,30)(H2,23,31)(H,27,32)(H,28,33)(H,29,34)(H,35,36)(H4,24,25,26). The second kappa shape index (κ2) is 17.8. The molecular weight excluding hydrogens is 510 g/mol. The zero-order chi connectivity index (χ0) is 28.5. The summed E-state index contributed by atoms with van der Waals surface area (Å²) in [5.74, 6) is -5.05. The summed E-state index contributed by atoms with van der Waals surface area (Å²) >= 11 is 1.38. The van der Waals surface area contributed by atoms with E-state index in [9.17, 15) is 33.9 Å². The third kappa shape index (κ3) is 15.2. The predicted octanol–water partition coefficient (Wildman–Crippen LogP) is -4.20. The number of carbonyl (C=O) groups excluding carboxylic acids is 5. The van der Waals surface area contributed by atoms with Gasteiger partial charge in [0, 0.05) is 13.0 Å². The smallest absolute Gasteiger partial charge is 0.326 e. The highest BCUT2D eigenvalue weighted by molar-refractivity contribution is 7.98. The number of rotatable bonds is 19. The Balaban J connectivity index is 5.51. The summed E-state index contributed by atoms with van der Waals surface area (Å²) in [6.45, 7) is 0.160. The number of hydrogen-bond donors (Lipinski definition) is 9. The van der Waals surface area contributed by atoms with Crippen LogP contribution >= 0.6 is 11.8 Å². The van der Waals surface area contributed by atoms with Crippen molar-refractivity contribution in [2.75, 3.05) is 18.6 Å². The van der Waals surface area contributed by atoms with Crippen LogP contribution in [0.1, 0.15) is 38.5 Å². The van der Waals surface area contributed by atoms with Crippen LogP contribution in [0.2, 0.25) is 0 Å². The molecule has 4 unspecified atom stereocenters. The van der Waals surface area contributed by atoms with E-state index in [1.165, 1.54) is 11.8 Å². The van der Waals surface area contributed by atoms with Crippen LogP contribution in [0.25, 0.3) is 0 Å². The molecule has 17 heteroatoms. The van der Waals surface area contributed by atoms with Crippen molar-refractivity contribution in [2.24, 2.45) is 33.7 Å². The number of thioether (sulfide) groups is 1. The normalized spacial score (nSPS) is 13.8. The largest absolute Gasteiger partial charge is 0.480 e. The van der Waals surface area contributed by atoms with Crippen molar-refractivity contribution in [3.05, 3.63) is 0 Å². The van der Waals surface area contributed by atoms with Gasteiger partial charge in [0.05, 0.1) is 12.5 Å². The number of carbonyl (C=O) groups is 6. The number of guanidine groups is 1. The zero-order valence-corrected chi connectivity index (χ0v) is 21.4. The molecule has 0 spiro atoms. The number of hydrogen-bond acceptors (Lipinski definition) is 9. The van der Waals surface area contributed by atoms with Crippen molar-refractivity contribution in [3.63, 3.8) is 0 Å². The average molecular weight is 548 g/mol. The molecule has 0 aliphatic heterocycles. The highest BCUT2D eigenvalue weighted by Crippen LogP contribution is 2.06. The topological polar surface area (TPSA) is 301 Å². The predicted molar refractivity (Wildman–Crippen MR) is 137 cm³/mol. The lowest BCUT2D eigenvalue weighted by atomic mass is 10.1. The van der Waals surface area contributed by atoms with Crippen molar-refractivity contribution in [1.29, 1.82) is 0 Å². The van der Waals surface area contributed by atoms with E-state index in [4.69, 9.17) is 28.7 Å². The molecule has 0 bridgehead atoms. The average Bonchev–Trinajstić information content (AvgIpc) is 2.79. The first-order valence-electron chi connectivity index (χ1n) is 11.3. The molecule has 0 aliphatic rings. The second-order valence-corrected chi connectivity index (χ2v) is 9.02. The first kappa shape index (κ1) is 33.4. The van der Waals surface area contributed by atoms with Gasteiger partial charge in [0.1, 0.15) is 18.1 Å². The van der Waals surface area contributed by atoms with Crippen molar-refractivity contribution >= 4 is 53.2 Å². The molecule has 4 atom stereocenters. The number of primary amides is 2. The fourth-order valence-corrected chi connectivity index (χ4v) is 3.43. The first-order chi connectivity index (χ1) is 17.3. The molecule has 0 aromatic heterocycles. The van der Waals surface area contributed by atoms with Crippen molar-refractivity contribution in [1.82, 2.24) is 16.0 Å². The molecule has 0 saturated carbocycles. The van der Waals surface area contributed by atoms with Crippen LogP contribution in [0.15, 0.2) is 4.99 Å². The molecule has 0 aliphatic carbocycles. The van der Waals surface area contributed by atoms with E-state index < -0.39 is 66.1 Å². The highest BCUT2D eigenvalue weighted by Gasteiger charge is 2.30. The maximum atomic E-state index is 13.0. The molecule has 37 heavy (non-hydrogen) atoms. The molecule has 0 heterocycles. The molecular formula is C20H37N9O7S. The lowest BCUT2D eigenvalue weighted by Crippen LogP contribution is -2.57. The molecule has 0 aromatic rings. The van der Waals surface area contributed by atoms with Crippen LogP contribution in [0, 0.1) is 0 Å². The number of amides is 5. The summed E-state index contributed by atoms with van der Waals surface area (Å²) in [7, 11) is 0. The van der Waals surface area contributed by atoms with Crippen LogP contribution in [0.5, 0.6) is 0 Å². The zero-order valence-electron chi connectivity index (χ0n) is 20.6. The summed E-state index contributed by atoms with van der Waals surface area (Å²) in [5, 5.41) is 16.6. The molecule has 0 radical (unpaired) electrons. The molecule has 0 aromatic carbocycles. The number of aliphatic carboxylic acids is 1. The summed E-state index contributed by atoms with van der Waals surface area (Å²) in [6.07, 6.45) is 1.24. The second-order valence-electron chi connectivity index (χ2n) is 8.03. The Bertz CT molecular complexity index is 852. The van der Waals surface area contributed by atoms with Gasteiger partial charge in [-0.05, 0) is 37.7 Å². The van der Waals surface area contributed by atoms with E-state index in [0.29, 0.717) is 5.75 Å². The highest BCUT2D eigenvalue weighted by atomic mass is 32.2.